The number of piperidine rings is 2. The average Bonchev–Trinajstić information content (AvgIpc) is 2.73. The molecule has 2 amide bonds. The first-order valence-electron chi connectivity index (χ1n) is 10.7. The minimum atomic E-state index is -0.0211. The van der Waals surface area contributed by atoms with E-state index in [2.05, 4.69) is 34.5 Å². The van der Waals surface area contributed by atoms with Crippen LogP contribution in [0, 0.1) is 5.92 Å². The molecule has 0 aliphatic carbocycles. The maximum atomic E-state index is 13.3. The Morgan fingerprint density at radius 1 is 1.07 bits per heavy atom. The Hall–Kier alpha value is -1.92. The number of nitrogens with one attached hydrogen (secondary N) is 1. The summed E-state index contributed by atoms with van der Waals surface area (Å²) in [6.07, 6.45) is 5.51. The highest BCUT2D eigenvalue weighted by molar-refractivity contribution is 5.80. The van der Waals surface area contributed by atoms with Gasteiger partial charge in [0.2, 0.25) is 11.8 Å². The Labute approximate surface area is 168 Å². The Balaban J connectivity index is 1.56. The number of hydrogen-bond acceptors (Lipinski definition) is 4. The summed E-state index contributed by atoms with van der Waals surface area (Å²) < 4.78 is 0. The molecule has 3 rings (SSSR count). The molecule has 2 fully saturated rings. The van der Waals surface area contributed by atoms with Crippen molar-refractivity contribution < 1.29 is 9.59 Å². The van der Waals surface area contributed by atoms with Gasteiger partial charge in [-0.15, -0.1) is 0 Å². The third-order valence-electron chi connectivity index (χ3n) is 5.92. The summed E-state index contributed by atoms with van der Waals surface area (Å²) >= 11 is 0. The fourth-order valence-electron chi connectivity index (χ4n) is 4.43. The van der Waals surface area contributed by atoms with E-state index in [1.807, 2.05) is 11.0 Å². The first-order chi connectivity index (χ1) is 13.7. The zero-order valence-electron chi connectivity index (χ0n) is 16.8. The molecular weight excluding hydrogens is 352 g/mol. The van der Waals surface area contributed by atoms with Crippen molar-refractivity contribution in [1.82, 2.24) is 15.1 Å². The number of carbonyl (C=O) groups excluding carboxylic acids is 2. The van der Waals surface area contributed by atoms with Crippen molar-refractivity contribution in [2.24, 2.45) is 11.7 Å². The van der Waals surface area contributed by atoms with E-state index in [0.29, 0.717) is 19.5 Å². The molecule has 2 heterocycles. The molecule has 0 bridgehead atoms. The monoisotopic (exact) mass is 386 g/mol. The largest absolute Gasteiger partial charge is 0.354 e. The number of benzene rings is 1. The molecule has 2 aliphatic rings. The molecule has 28 heavy (non-hydrogen) atoms. The number of amides is 2. The highest BCUT2D eigenvalue weighted by Gasteiger charge is 2.34. The van der Waals surface area contributed by atoms with Crippen molar-refractivity contribution in [3.8, 4) is 0 Å². The van der Waals surface area contributed by atoms with Crippen LogP contribution in [0.15, 0.2) is 30.3 Å². The molecule has 2 saturated heterocycles. The van der Waals surface area contributed by atoms with Crippen molar-refractivity contribution in [2.75, 3.05) is 32.7 Å². The summed E-state index contributed by atoms with van der Waals surface area (Å²) in [6.45, 7) is 4.51. The highest BCUT2D eigenvalue weighted by Crippen LogP contribution is 2.25. The fourth-order valence-corrected chi connectivity index (χ4v) is 4.43. The van der Waals surface area contributed by atoms with Gasteiger partial charge in [0.25, 0.3) is 0 Å². The standard InChI is InChI=1S/C22H34N4O2/c23-12-11-21(27)24-15-20-10-4-5-14-26(20)22(28)19-9-6-13-25(17-19)16-18-7-2-1-3-8-18/h1-3,7-8,19-20H,4-6,9-17,23H2,(H,24,27). The molecule has 1 aromatic carbocycles. The minimum Gasteiger partial charge on any atom is -0.354 e. The molecule has 2 aliphatic heterocycles. The number of rotatable bonds is 7. The van der Waals surface area contributed by atoms with Gasteiger partial charge in [0, 0.05) is 45.2 Å². The van der Waals surface area contributed by atoms with Crippen LogP contribution in [0.1, 0.15) is 44.1 Å². The van der Waals surface area contributed by atoms with Crippen molar-refractivity contribution in [3.05, 3.63) is 35.9 Å². The zero-order chi connectivity index (χ0) is 19.8. The molecule has 2 unspecified atom stereocenters. The predicted octanol–water partition coefficient (Wildman–Crippen LogP) is 1.74. The Bertz CT molecular complexity index is 637. The van der Waals surface area contributed by atoms with Crippen LogP contribution < -0.4 is 11.1 Å². The lowest BCUT2D eigenvalue weighted by Crippen LogP contribution is -2.53. The van der Waals surface area contributed by atoms with E-state index in [4.69, 9.17) is 5.73 Å². The van der Waals surface area contributed by atoms with Gasteiger partial charge in [-0.05, 0) is 44.2 Å². The van der Waals surface area contributed by atoms with Gasteiger partial charge >= 0.3 is 0 Å². The van der Waals surface area contributed by atoms with Crippen LogP contribution in [0.25, 0.3) is 0 Å². The second kappa shape index (κ2) is 10.6. The summed E-state index contributed by atoms with van der Waals surface area (Å²) in [6, 6.07) is 10.6. The second-order valence-corrected chi connectivity index (χ2v) is 8.08. The van der Waals surface area contributed by atoms with E-state index in [1.54, 1.807) is 0 Å². The number of nitrogens with zero attached hydrogens (tertiary/aromatic N) is 2. The highest BCUT2D eigenvalue weighted by atomic mass is 16.2. The van der Waals surface area contributed by atoms with E-state index < -0.39 is 0 Å². The van der Waals surface area contributed by atoms with Crippen LogP contribution in [-0.4, -0.2) is 60.4 Å². The number of likely N-dealkylation sites (tertiary alicyclic amines) is 2. The van der Waals surface area contributed by atoms with Crippen LogP contribution in [0.5, 0.6) is 0 Å². The SMILES string of the molecule is NCCC(=O)NCC1CCCCN1C(=O)C1CCCN(Cc2ccccc2)C1. The van der Waals surface area contributed by atoms with Crippen LogP contribution >= 0.6 is 0 Å². The third kappa shape index (κ3) is 5.79. The van der Waals surface area contributed by atoms with Crippen LogP contribution in [-0.2, 0) is 16.1 Å². The van der Waals surface area contributed by atoms with Gasteiger partial charge in [-0.3, -0.25) is 14.5 Å². The van der Waals surface area contributed by atoms with Gasteiger partial charge < -0.3 is 16.0 Å². The molecule has 6 nitrogen and oxygen atoms in total. The number of hydrogen-bond donors (Lipinski definition) is 2. The molecule has 0 radical (unpaired) electrons. The molecular formula is C22H34N4O2. The topological polar surface area (TPSA) is 78.7 Å². The molecule has 0 spiro atoms. The van der Waals surface area contributed by atoms with Gasteiger partial charge in [-0.2, -0.15) is 0 Å². The lowest BCUT2D eigenvalue weighted by atomic mass is 9.93. The second-order valence-electron chi connectivity index (χ2n) is 8.08. The van der Waals surface area contributed by atoms with Crippen LogP contribution in [0.2, 0.25) is 0 Å². The molecule has 154 valence electrons. The number of carbonyl (C=O) groups is 2. The van der Waals surface area contributed by atoms with Crippen molar-refractivity contribution in [2.45, 2.75) is 51.1 Å². The van der Waals surface area contributed by atoms with Gasteiger partial charge in [0.1, 0.15) is 0 Å². The van der Waals surface area contributed by atoms with Gasteiger partial charge in [-0.25, -0.2) is 0 Å². The summed E-state index contributed by atoms with van der Waals surface area (Å²) in [5, 5.41) is 2.96. The fraction of sp³-hybridized carbons (Fsp3) is 0.636. The molecule has 1 aromatic rings. The van der Waals surface area contributed by atoms with Crippen molar-refractivity contribution >= 4 is 11.8 Å². The third-order valence-corrected chi connectivity index (χ3v) is 5.92. The Kier molecular flexibility index (Phi) is 7.86. The van der Waals surface area contributed by atoms with Crippen LogP contribution in [0.4, 0.5) is 0 Å². The van der Waals surface area contributed by atoms with E-state index >= 15 is 0 Å². The van der Waals surface area contributed by atoms with E-state index in [9.17, 15) is 9.59 Å². The van der Waals surface area contributed by atoms with Gasteiger partial charge in [0.05, 0.1) is 5.92 Å². The van der Waals surface area contributed by atoms with E-state index in [1.165, 1.54) is 5.56 Å². The maximum absolute atomic E-state index is 13.3. The summed E-state index contributed by atoms with van der Waals surface area (Å²) in [7, 11) is 0. The molecule has 3 N–H and O–H groups in total. The minimum absolute atomic E-state index is 0.0211. The summed E-state index contributed by atoms with van der Waals surface area (Å²) in [4.78, 5) is 29.5. The first kappa shape index (κ1) is 20.8. The van der Waals surface area contributed by atoms with Crippen molar-refractivity contribution in [1.29, 1.82) is 0 Å². The first-order valence-corrected chi connectivity index (χ1v) is 10.7. The quantitative estimate of drug-likeness (QED) is 0.748. The van der Waals surface area contributed by atoms with E-state index in [-0.39, 0.29) is 23.8 Å². The van der Waals surface area contributed by atoms with Crippen molar-refractivity contribution in [3.63, 3.8) is 0 Å². The molecule has 2 atom stereocenters. The van der Waals surface area contributed by atoms with Gasteiger partial charge in [-0.1, -0.05) is 30.3 Å². The summed E-state index contributed by atoms with van der Waals surface area (Å²) in [5.41, 5.74) is 6.75. The molecule has 6 heteroatoms. The smallest absolute Gasteiger partial charge is 0.227 e. The zero-order valence-corrected chi connectivity index (χ0v) is 16.8. The lowest BCUT2D eigenvalue weighted by Gasteiger charge is -2.40. The Morgan fingerprint density at radius 2 is 1.89 bits per heavy atom. The molecule has 0 aromatic heterocycles. The van der Waals surface area contributed by atoms with Crippen LogP contribution in [0.3, 0.4) is 0 Å². The number of nitrogens with two attached hydrogens (primary N) is 1. The maximum Gasteiger partial charge on any atom is 0.227 e. The average molecular weight is 387 g/mol. The van der Waals surface area contributed by atoms with Gasteiger partial charge in [0.15, 0.2) is 0 Å². The predicted molar refractivity (Wildman–Crippen MR) is 110 cm³/mol. The van der Waals surface area contributed by atoms with E-state index in [0.717, 1.165) is 58.3 Å². The summed E-state index contributed by atoms with van der Waals surface area (Å²) in [5.74, 6) is 0.320. The normalized spacial score (nSPS) is 23.4. The lowest BCUT2D eigenvalue weighted by molar-refractivity contribution is -0.141. The Morgan fingerprint density at radius 3 is 2.68 bits per heavy atom. The molecule has 0 saturated carbocycles.